The molecule has 12 heavy (non-hydrogen) atoms. The Balaban J connectivity index is 0.000000202. The second-order valence-corrected chi connectivity index (χ2v) is 1.89. The summed E-state index contributed by atoms with van der Waals surface area (Å²) in [5, 5.41) is 7.93. The van der Waals surface area contributed by atoms with Gasteiger partial charge in [-0.15, -0.1) is 0 Å². The van der Waals surface area contributed by atoms with E-state index in [0.717, 1.165) is 6.08 Å². The van der Waals surface area contributed by atoms with Crippen LogP contribution >= 0.6 is 0 Å². The second kappa shape index (κ2) is 5.31. The van der Waals surface area contributed by atoms with Crippen molar-refractivity contribution in [3.8, 4) is 0 Å². The molecule has 0 aromatic heterocycles. The van der Waals surface area contributed by atoms with Gasteiger partial charge in [-0.05, 0) is 0 Å². The Hall–Kier alpha value is -1.36. The fourth-order valence-electron chi connectivity index (χ4n) is 0.274. The molecule has 1 fully saturated rings. The molecule has 0 radical (unpaired) electrons. The molecule has 1 atom stereocenters. The van der Waals surface area contributed by atoms with Crippen LogP contribution in [0.5, 0.6) is 0 Å². The molecule has 1 rings (SSSR count). The molecule has 1 heterocycles. The first-order valence-corrected chi connectivity index (χ1v) is 3.16. The number of carbonyl (C=O) groups excluding carboxylic acids is 1. The summed E-state index contributed by atoms with van der Waals surface area (Å²) in [6, 6.07) is 0. The first-order valence-electron chi connectivity index (χ1n) is 3.16. The predicted octanol–water partition coefficient (Wildman–Crippen LogP) is -0.185. The molecule has 5 heteroatoms. The number of hydrogen-bond donors (Lipinski definition) is 1. The maximum Gasteiger partial charge on any atom is 0.335 e. The van der Waals surface area contributed by atoms with Gasteiger partial charge in [0.15, 0.2) is 6.10 Å². The zero-order chi connectivity index (χ0) is 9.56. The van der Waals surface area contributed by atoms with E-state index in [4.69, 9.17) is 5.11 Å². The number of carboxylic acids is 1. The summed E-state index contributed by atoms with van der Waals surface area (Å²) in [6.07, 6.45) is 0.630. The predicted molar refractivity (Wildman–Crippen MR) is 39.6 cm³/mol. The lowest BCUT2D eigenvalue weighted by Crippen LogP contribution is -2.02. The van der Waals surface area contributed by atoms with Crippen LogP contribution in [0.1, 0.15) is 0 Å². The van der Waals surface area contributed by atoms with Crippen LogP contribution in [0.2, 0.25) is 0 Å². The number of carbonyl (C=O) groups is 2. The molecule has 0 spiro atoms. The largest absolute Gasteiger partial charge is 0.479 e. The molecular weight excluding hydrogens is 164 g/mol. The molecule has 1 aliphatic heterocycles. The highest BCUT2D eigenvalue weighted by atomic mass is 16.6. The fourth-order valence-corrected chi connectivity index (χ4v) is 0.274. The summed E-state index contributed by atoms with van der Waals surface area (Å²) >= 11 is 0. The minimum atomic E-state index is -0.852. The standard InChI is InChI=1S/C4H6O2.C3H4O3/c1-3-4(5)6-2;4-3(5)2-1-6-2/h3H,1H2,2H3;2H,1H2,(H,4,5). The van der Waals surface area contributed by atoms with E-state index >= 15 is 0 Å². The molecule has 1 unspecified atom stereocenters. The highest BCUT2D eigenvalue weighted by molar-refractivity contribution is 5.80. The summed E-state index contributed by atoms with van der Waals surface area (Å²) in [5.41, 5.74) is 0. The third-order valence-corrected chi connectivity index (χ3v) is 0.977. The molecule has 0 aromatic rings. The lowest BCUT2D eigenvalue weighted by molar-refractivity contribution is -0.138. The number of esters is 1. The van der Waals surface area contributed by atoms with Gasteiger partial charge in [0.2, 0.25) is 0 Å². The molecule has 68 valence electrons. The maximum absolute atomic E-state index is 9.84. The summed E-state index contributed by atoms with van der Waals surface area (Å²) in [5.74, 6) is -1.25. The van der Waals surface area contributed by atoms with Crippen LogP contribution in [0.3, 0.4) is 0 Å². The normalized spacial score (nSPS) is 18.2. The Kier molecular flexibility index (Phi) is 4.71. The monoisotopic (exact) mass is 174 g/mol. The summed E-state index contributed by atoms with van der Waals surface area (Å²) in [4.78, 5) is 19.5. The van der Waals surface area contributed by atoms with Gasteiger partial charge in [0.25, 0.3) is 0 Å². The Morgan fingerprint density at radius 3 is 2.25 bits per heavy atom. The van der Waals surface area contributed by atoms with Gasteiger partial charge in [-0.25, -0.2) is 9.59 Å². The average molecular weight is 174 g/mol. The average Bonchev–Trinajstić information content (AvgIpc) is 2.86. The zero-order valence-corrected chi connectivity index (χ0v) is 6.65. The molecule has 0 saturated carbocycles. The van der Waals surface area contributed by atoms with Gasteiger partial charge in [-0.1, -0.05) is 6.58 Å². The number of rotatable bonds is 2. The molecule has 5 nitrogen and oxygen atoms in total. The van der Waals surface area contributed by atoms with Crippen molar-refractivity contribution in [2.24, 2.45) is 0 Å². The Labute approximate surface area is 69.6 Å². The third-order valence-electron chi connectivity index (χ3n) is 0.977. The van der Waals surface area contributed by atoms with Crippen LogP contribution in [-0.4, -0.2) is 36.9 Å². The quantitative estimate of drug-likeness (QED) is 0.357. The first kappa shape index (κ1) is 10.6. The van der Waals surface area contributed by atoms with Crippen molar-refractivity contribution < 1.29 is 24.2 Å². The highest BCUT2D eigenvalue weighted by Crippen LogP contribution is 2.06. The number of hydrogen-bond acceptors (Lipinski definition) is 4. The Morgan fingerprint density at radius 1 is 1.75 bits per heavy atom. The SMILES string of the molecule is C=CC(=O)OC.O=C(O)C1CO1. The summed E-state index contributed by atoms with van der Waals surface area (Å²) < 4.78 is 8.51. The van der Waals surface area contributed by atoms with E-state index in [1.54, 1.807) is 0 Å². The van der Waals surface area contributed by atoms with Crippen molar-refractivity contribution >= 4 is 11.9 Å². The van der Waals surface area contributed by atoms with Crippen molar-refractivity contribution in [3.63, 3.8) is 0 Å². The number of ether oxygens (including phenoxy) is 2. The van der Waals surface area contributed by atoms with E-state index in [0.29, 0.717) is 6.61 Å². The van der Waals surface area contributed by atoms with Gasteiger partial charge in [0.05, 0.1) is 13.7 Å². The molecule has 1 aliphatic rings. The number of epoxide rings is 1. The Morgan fingerprint density at radius 2 is 2.25 bits per heavy atom. The van der Waals surface area contributed by atoms with Gasteiger partial charge < -0.3 is 14.6 Å². The molecule has 1 saturated heterocycles. The molecule has 0 bridgehead atoms. The molecule has 0 amide bonds. The van der Waals surface area contributed by atoms with Crippen LogP contribution in [-0.2, 0) is 19.1 Å². The number of aliphatic carboxylic acids is 1. The van der Waals surface area contributed by atoms with Gasteiger partial charge in [0, 0.05) is 6.08 Å². The summed E-state index contributed by atoms with van der Waals surface area (Å²) in [7, 11) is 1.31. The molecule has 0 aliphatic carbocycles. The van der Waals surface area contributed by atoms with Crippen molar-refractivity contribution in [1.29, 1.82) is 0 Å². The minimum absolute atomic E-state index is 0.394. The van der Waals surface area contributed by atoms with Crippen LogP contribution in [0.25, 0.3) is 0 Å². The van der Waals surface area contributed by atoms with Crippen molar-refractivity contribution in [2.75, 3.05) is 13.7 Å². The highest BCUT2D eigenvalue weighted by Gasteiger charge is 2.30. The third kappa shape index (κ3) is 5.43. The van der Waals surface area contributed by atoms with Crippen LogP contribution in [0.15, 0.2) is 12.7 Å². The number of carboxylic acid groups (broad SMARTS) is 1. The van der Waals surface area contributed by atoms with Crippen molar-refractivity contribution in [1.82, 2.24) is 0 Å². The van der Waals surface area contributed by atoms with Gasteiger partial charge in [-0.3, -0.25) is 0 Å². The second-order valence-electron chi connectivity index (χ2n) is 1.89. The van der Waals surface area contributed by atoms with Crippen molar-refractivity contribution in [2.45, 2.75) is 6.10 Å². The number of methoxy groups -OCH3 is 1. The lowest BCUT2D eigenvalue weighted by atomic mass is 10.5. The van der Waals surface area contributed by atoms with E-state index in [-0.39, 0.29) is 0 Å². The van der Waals surface area contributed by atoms with E-state index in [9.17, 15) is 9.59 Å². The van der Waals surface area contributed by atoms with E-state index in [2.05, 4.69) is 16.1 Å². The van der Waals surface area contributed by atoms with E-state index in [1.165, 1.54) is 7.11 Å². The smallest absolute Gasteiger partial charge is 0.335 e. The molecule has 1 N–H and O–H groups in total. The van der Waals surface area contributed by atoms with E-state index in [1.807, 2.05) is 0 Å². The van der Waals surface area contributed by atoms with Crippen LogP contribution in [0, 0.1) is 0 Å². The fraction of sp³-hybridized carbons (Fsp3) is 0.429. The van der Waals surface area contributed by atoms with Crippen molar-refractivity contribution in [3.05, 3.63) is 12.7 Å². The van der Waals surface area contributed by atoms with Gasteiger partial charge >= 0.3 is 11.9 Å². The van der Waals surface area contributed by atoms with Crippen LogP contribution in [0.4, 0.5) is 0 Å². The topological polar surface area (TPSA) is 76.1 Å². The minimum Gasteiger partial charge on any atom is -0.479 e. The Bertz CT molecular complexity index is 182. The van der Waals surface area contributed by atoms with Gasteiger partial charge in [-0.2, -0.15) is 0 Å². The van der Waals surface area contributed by atoms with Gasteiger partial charge in [0.1, 0.15) is 0 Å². The lowest BCUT2D eigenvalue weighted by Gasteiger charge is -1.83. The van der Waals surface area contributed by atoms with Crippen LogP contribution < -0.4 is 0 Å². The summed E-state index contributed by atoms with van der Waals surface area (Å²) in [6.45, 7) is 3.56. The van der Waals surface area contributed by atoms with E-state index < -0.39 is 18.0 Å². The molecule has 0 aromatic carbocycles. The maximum atomic E-state index is 9.84. The zero-order valence-electron chi connectivity index (χ0n) is 6.65. The first-order chi connectivity index (χ1) is 5.61. The molecular formula is C7H10O5.